The van der Waals surface area contributed by atoms with E-state index in [2.05, 4.69) is 127 Å². The summed E-state index contributed by atoms with van der Waals surface area (Å²) in [5.74, 6) is 0. The fourth-order valence-corrected chi connectivity index (χ4v) is 7.05. The van der Waals surface area contributed by atoms with E-state index >= 15 is 0 Å². The van der Waals surface area contributed by atoms with Gasteiger partial charge >= 0.3 is 6.68 Å². The van der Waals surface area contributed by atoms with Crippen molar-refractivity contribution in [1.29, 1.82) is 0 Å². The monoisotopic (exact) mass is 483 g/mol. The van der Waals surface area contributed by atoms with E-state index in [1.54, 1.807) is 0 Å². The van der Waals surface area contributed by atoms with Crippen LogP contribution in [-0.2, 0) is 10.9 Å². The number of hydrogen-bond acceptors (Lipinski definition) is 0. The second-order valence-electron chi connectivity index (χ2n) is 7.99. The second kappa shape index (κ2) is 10.2. The molecule has 172 valence electrons. The Labute approximate surface area is 205 Å². The van der Waals surface area contributed by atoms with Crippen LogP contribution in [0.15, 0.2) is 142 Å². The second-order valence-corrected chi connectivity index (χ2v) is 9.92. The fraction of sp³-hybridized carbons (Fsp3) is 0.0323. The van der Waals surface area contributed by atoms with Gasteiger partial charge in [0.25, 0.3) is 0 Å². The number of benzene rings is 6. The summed E-state index contributed by atoms with van der Waals surface area (Å²) in [7, 11) is -0.238. The molecule has 0 amide bonds. The van der Waals surface area contributed by atoms with Gasteiger partial charge in [0.05, 0.1) is 0 Å². The van der Waals surface area contributed by atoms with Crippen LogP contribution < -0.4 is 0 Å². The van der Waals surface area contributed by atoms with Gasteiger partial charge in [-0.2, -0.15) is 13.2 Å². The maximum atomic E-state index is 9.67. The van der Waals surface area contributed by atoms with Gasteiger partial charge in [-0.3, -0.25) is 0 Å². The first kappa shape index (κ1) is 23.0. The summed E-state index contributed by atoms with van der Waals surface area (Å²) < 4.78 is 29.0. The maximum Gasteiger partial charge on any atom is 0.379 e. The molecule has 0 unspecified atom stereocenters. The third-order valence-corrected chi connectivity index (χ3v) is 8.30. The van der Waals surface area contributed by atoms with E-state index in [9.17, 15) is 13.2 Å². The van der Waals surface area contributed by atoms with E-state index in [1.165, 1.54) is 47.0 Å². The quantitative estimate of drug-likeness (QED) is 0.220. The summed E-state index contributed by atoms with van der Waals surface area (Å²) in [4.78, 5) is 4.14. The first-order valence-corrected chi connectivity index (χ1v) is 12.5. The van der Waals surface area contributed by atoms with Gasteiger partial charge in [0, 0.05) is 16.2 Å². The van der Waals surface area contributed by atoms with Crippen molar-refractivity contribution in [3.8, 4) is 0 Å². The summed E-state index contributed by atoms with van der Waals surface area (Å²) in [6, 6.07) is 46.5. The van der Waals surface area contributed by atoms with Gasteiger partial charge in [0.1, 0.15) is 10.9 Å². The highest BCUT2D eigenvalue weighted by Crippen LogP contribution is 2.41. The summed E-state index contributed by atoms with van der Waals surface area (Å²) in [6.45, 7) is -3.67. The molecule has 0 nitrogen and oxygen atoms in total. The first-order chi connectivity index (χ1) is 17.1. The van der Waals surface area contributed by atoms with Crippen molar-refractivity contribution in [3.63, 3.8) is 0 Å². The van der Waals surface area contributed by atoms with E-state index in [0.29, 0.717) is 0 Å². The molecule has 0 fully saturated rings. The molecule has 0 saturated heterocycles. The summed E-state index contributed by atoms with van der Waals surface area (Å²) in [6.07, 6.45) is 0. The van der Waals surface area contributed by atoms with E-state index in [4.69, 9.17) is 0 Å². The smallest absolute Gasteiger partial charge is 0.174 e. The third kappa shape index (κ3) is 4.75. The molecule has 4 heteroatoms. The Morgan fingerprint density at radius 1 is 0.371 bits per heavy atom. The van der Waals surface area contributed by atoms with Crippen LogP contribution in [0.2, 0.25) is 0 Å². The molecular formula is C31H22F3S+. The standard InChI is InChI=1S/C30H21S.CHF3/c1-4-16-25-22(10-1)13-7-19-28(25)31(29-20-8-14-23-11-2-5-17-26(23)29)30-21-9-15-24-12-3-6-18-27(24)30;2-1(3)4/h1-21H;1H/q+1;. The van der Waals surface area contributed by atoms with Crippen molar-refractivity contribution >= 4 is 43.2 Å². The number of halogens is 3. The lowest BCUT2D eigenvalue weighted by Gasteiger charge is -2.14. The lowest BCUT2D eigenvalue weighted by molar-refractivity contribution is 0.00819. The predicted molar refractivity (Wildman–Crippen MR) is 141 cm³/mol. The van der Waals surface area contributed by atoms with Gasteiger partial charge < -0.3 is 0 Å². The minimum atomic E-state index is -3.67. The third-order valence-electron chi connectivity index (χ3n) is 5.91. The molecule has 6 rings (SSSR count). The van der Waals surface area contributed by atoms with Crippen molar-refractivity contribution in [1.82, 2.24) is 0 Å². The molecule has 6 aromatic rings. The van der Waals surface area contributed by atoms with Crippen LogP contribution in [0.1, 0.15) is 0 Å². The Bertz CT molecular complexity index is 1400. The van der Waals surface area contributed by atoms with Gasteiger partial charge in [-0.05, 0) is 52.6 Å². The van der Waals surface area contributed by atoms with E-state index in [1.807, 2.05) is 0 Å². The Morgan fingerprint density at radius 3 is 0.943 bits per heavy atom. The van der Waals surface area contributed by atoms with E-state index in [-0.39, 0.29) is 10.9 Å². The SMILES string of the molecule is FC(F)F.c1ccc2c([S+](c3cccc4ccccc34)c3cccc4ccccc34)cccc2c1. The minimum absolute atomic E-state index is 0.238. The van der Waals surface area contributed by atoms with Crippen LogP contribution in [-0.4, -0.2) is 6.68 Å². The highest BCUT2D eigenvalue weighted by molar-refractivity contribution is 7.97. The molecule has 0 aliphatic rings. The molecule has 0 aliphatic carbocycles. The lowest BCUT2D eigenvalue weighted by atomic mass is 10.1. The molecule has 6 aromatic carbocycles. The van der Waals surface area contributed by atoms with Crippen molar-refractivity contribution in [2.45, 2.75) is 21.4 Å². The summed E-state index contributed by atoms with van der Waals surface area (Å²) in [5.41, 5.74) is 0. The molecule has 0 heterocycles. The van der Waals surface area contributed by atoms with Crippen LogP contribution >= 0.6 is 0 Å². The molecule has 0 spiro atoms. The molecule has 0 aromatic heterocycles. The Kier molecular flexibility index (Phi) is 6.73. The van der Waals surface area contributed by atoms with Crippen LogP contribution in [0.4, 0.5) is 13.2 Å². The van der Waals surface area contributed by atoms with Crippen molar-refractivity contribution < 1.29 is 13.2 Å². The van der Waals surface area contributed by atoms with Gasteiger partial charge in [0.2, 0.25) is 0 Å². The highest BCUT2D eigenvalue weighted by atomic mass is 32.2. The number of alkyl halides is 3. The lowest BCUT2D eigenvalue weighted by Crippen LogP contribution is -2.07. The molecule has 0 radical (unpaired) electrons. The van der Waals surface area contributed by atoms with Crippen LogP contribution in [0.25, 0.3) is 32.3 Å². The molecule has 35 heavy (non-hydrogen) atoms. The summed E-state index contributed by atoms with van der Waals surface area (Å²) in [5, 5.41) is 7.85. The average Bonchev–Trinajstić information content (AvgIpc) is 2.89. The van der Waals surface area contributed by atoms with Gasteiger partial charge in [-0.1, -0.05) is 91.0 Å². The molecule has 0 bridgehead atoms. The number of rotatable bonds is 3. The average molecular weight is 484 g/mol. The zero-order chi connectivity index (χ0) is 24.2. The fourth-order valence-electron chi connectivity index (χ4n) is 4.48. The van der Waals surface area contributed by atoms with E-state index < -0.39 is 6.68 Å². The Hall–Kier alpha value is -3.76. The molecular weight excluding hydrogens is 461 g/mol. The van der Waals surface area contributed by atoms with Gasteiger partial charge in [0.15, 0.2) is 14.7 Å². The highest BCUT2D eigenvalue weighted by Gasteiger charge is 2.33. The van der Waals surface area contributed by atoms with Crippen LogP contribution in [0.3, 0.4) is 0 Å². The Balaban J connectivity index is 0.000000591. The number of hydrogen-bond donors (Lipinski definition) is 0. The van der Waals surface area contributed by atoms with Gasteiger partial charge in [-0.15, -0.1) is 0 Å². The zero-order valence-corrected chi connectivity index (χ0v) is 19.6. The molecule has 0 saturated carbocycles. The number of fused-ring (bicyclic) bond motifs is 3. The van der Waals surface area contributed by atoms with Gasteiger partial charge in [-0.25, -0.2) is 0 Å². The molecule has 0 N–H and O–H groups in total. The molecule has 0 aliphatic heterocycles. The van der Waals surface area contributed by atoms with Crippen molar-refractivity contribution in [2.75, 3.05) is 0 Å². The Morgan fingerprint density at radius 2 is 0.629 bits per heavy atom. The van der Waals surface area contributed by atoms with Crippen LogP contribution in [0, 0.1) is 0 Å². The first-order valence-electron chi connectivity index (χ1n) is 11.2. The maximum absolute atomic E-state index is 9.67. The predicted octanol–water partition coefficient (Wildman–Crippen LogP) is 9.42. The summed E-state index contributed by atoms with van der Waals surface area (Å²) >= 11 is 0. The van der Waals surface area contributed by atoms with Crippen molar-refractivity contribution in [3.05, 3.63) is 127 Å². The van der Waals surface area contributed by atoms with Crippen molar-refractivity contribution in [2.24, 2.45) is 0 Å². The van der Waals surface area contributed by atoms with E-state index in [0.717, 1.165) is 0 Å². The zero-order valence-electron chi connectivity index (χ0n) is 18.7. The topological polar surface area (TPSA) is 0 Å². The largest absolute Gasteiger partial charge is 0.379 e. The minimum Gasteiger partial charge on any atom is -0.174 e. The molecule has 0 atom stereocenters. The normalized spacial score (nSPS) is 11.2. The van der Waals surface area contributed by atoms with Crippen LogP contribution in [0.5, 0.6) is 0 Å².